The van der Waals surface area contributed by atoms with Gasteiger partial charge in [0, 0.05) is 18.7 Å². The number of nitrogens with zero attached hydrogens (tertiary/aromatic N) is 1. The average molecular weight is 319 g/mol. The maximum absolute atomic E-state index is 13.6. The van der Waals surface area contributed by atoms with Gasteiger partial charge in [0.15, 0.2) is 0 Å². The lowest BCUT2D eigenvalue weighted by molar-refractivity contribution is 0.0276. The molecule has 0 aliphatic heterocycles. The first-order valence-corrected chi connectivity index (χ1v) is 7.95. The molecule has 5 nitrogen and oxygen atoms in total. The molecule has 23 heavy (non-hydrogen) atoms. The molecule has 0 heterocycles. The zero-order valence-corrected chi connectivity index (χ0v) is 13.1. The first kappa shape index (κ1) is 17.2. The highest BCUT2D eigenvalue weighted by Crippen LogP contribution is 2.26. The van der Waals surface area contributed by atoms with E-state index >= 15 is 0 Å². The number of hydrogen-bond acceptors (Lipinski definition) is 3. The van der Waals surface area contributed by atoms with Crippen molar-refractivity contribution in [3.05, 3.63) is 35.1 Å². The number of benzene rings is 1. The number of aliphatic hydroxyl groups is 1. The van der Waals surface area contributed by atoms with Crippen molar-refractivity contribution in [2.45, 2.75) is 50.7 Å². The maximum Gasteiger partial charge on any atom is 0.315 e. The highest BCUT2D eigenvalue weighted by Gasteiger charge is 2.28. The van der Waals surface area contributed by atoms with Crippen LogP contribution in [0, 0.1) is 17.1 Å². The third-order valence-corrected chi connectivity index (χ3v) is 4.23. The predicted molar refractivity (Wildman–Crippen MR) is 84.0 cm³/mol. The first-order valence-electron chi connectivity index (χ1n) is 7.95. The van der Waals surface area contributed by atoms with E-state index in [0.29, 0.717) is 18.4 Å². The molecule has 1 aromatic carbocycles. The lowest BCUT2D eigenvalue weighted by Crippen LogP contribution is -2.46. The SMILES string of the molecule is N#Cc1ccc(F)c(CNC(=O)NCC2(O)CCCCCC2)c1. The van der Waals surface area contributed by atoms with Gasteiger partial charge in [-0.2, -0.15) is 5.26 Å². The summed E-state index contributed by atoms with van der Waals surface area (Å²) in [5, 5.41) is 24.5. The van der Waals surface area contributed by atoms with Gasteiger partial charge in [-0.3, -0.25) is 0 Å². The molecule has 2 amide bonds. The average Bonchev–Trinajstić information content (AvgIpc) is 2.77. The van der Waals surface area contributed by atoms with E-state index in [1.54, 1.807) is 0 Å². The Hall–Kier alpha value is -2.13. The van der Waals surface area contributed by atoms with Gasteiger partial charge in [-0.1, -0.05) is 25.7 Å². The van der Waals surface area contributed by atoms with Crippen LogP contribution >= 0.6 is 0 Å². The number of urea groups is 1. The van der Waals surface area contributed by atoms with Crippen molar-refractivity contribution in [1.82, 2.24) is 10.6 Å². The van der Waals surface area contributed by atoms with Crippen molar-refractivity contribution >= 4 is 6.03 Å². The fourth-order valence-corrected chi connectivity index (χ4v) is 2.83. The summed E-state index contributed by atoms with van der Waals surface area (Å²) >= 11 is 0. The van der Waals surface area contributed by atoms with Crippen LogP contribution in [0.1, 0.15) is 49.7 Å². The van der Waals surface area contributed by atoms with Crippen LogP contribution in [-0.2, 0) is 6.54 Å². The molecule has 1 aliphatic carbocycles. The van der Waals surface area contributed by atoms with Crippen molar-refractivity contribution in [2.75, 3.05) is 6.54 Å². The topological polar surface area (TPSA) is 85.2 Å². The largest absolute Gasteiger partial charge is 0.388 e. The van der Waals surface area contributed by atoms with Crippen LogP contribution in [0.4, 0.5) is 9.18 Å². The summed E-state index contributed by atoms with van der Waals surface area (Å²) in [6.45, 7) is 0.186. The molecule has 1 fully saturated rings. The predicted octanol–water partition coefficient (Wildman–Crippen LogP) is 2.58. The zero-order valence-electron chi connectivity index (χ0n) is 13.1. The van der Waals surface area contributed by atoms with Crippen LogP contribution < -0.4 is 10.6 Å². The Bertz CT molecular complexity index is 590. The zero-order chi connectivity index (χ0) is 16.7. The summed E-state index contributed by atoms with van der Waals surface area (Å²) in [5.74, 6) is -0.466. The number of rotatable bonds is 4. The molecule has 0 spiro atoms. The van der Waals surface area contributed by atoms with Crippen LogP contribution in [0.25, 0.3) is 0 Å². The van der Waals surface area contributed by atoms with Crippen molar-refractivity contribution in [1.29, 1.82) is 5.26 Å². The molecule has 0 saturated heterocycles. The van der Waals surface area contributed by atoms with Gasteiger partial charge < -0.3 is 15.7 Å². The number of carbonyl (C=O) groups excluding carboxylic acids is 1. The molecule has 0 aromatic heterocycles. The van der Waals surface area contributed by atoms with E-state index in [9.17, 15) is 14.3 Å². The molecule has 0 bridgehead atoms. The monoisotopic (exact) mass is 319 g/mol. The molecule has 1 aliphatic rings. The standard InChI is InChI=1S/C17H22FN3O2/c18-15-6-5-13(10-19)9-14(15)11-20-16(22)21-12-17(23)7-3-1-2-4-8-17/h5-6,9,23H,1-4,7-8,11-12H2,(H2,20,21,22). The molecule has 0 radical (unpaired) electrons. The van der Waals surface area contributed by atoms with E-state index in [-0.39, 0.29) is 18.7 Å². The molecule has 6 heteroatoms. The number of carbonyl (C=O) groups is 1. The smallest absolute Gasteiger partial charge is 0.315 e. The van der Waals surface area contributed by atoms with Crippen LogP contribution in [0.5, 0.6) is 0 Å². The summed E-state index contributed by atoms with van der Waals surface area (Å²) in [5.41, 5.74) is -0.247. The molecule has 1 saturated carbocycles. The molecular weight excluding hydrogens is 297 g/mol. The second-order valence-corrected chi connectivity index (χ2v) is 6.09. The van der Waals surface area contributed by atoms with Crippen LogP contribution in [0.15, 0.2) is 18.2 Å². The van der Waals surface area contributed by atoms with E-state index in [1.165, 1.54) is 18.2 Å². The third-order valence-electron chi connectivity index (χ3n) is 4.23. The van der Waals surface area contributed by atoms with Crippen molar-refractivity contribution in [2.24, 2.45) is 0 Å². The van der Waals surface area contributed by atoms with Gasteiger partial charge in [-0.25, -0.2) is 9.18 Å². The van der Waals surface area contributed by atoms with Gasteiger partial charge in [0.05, 0.1) is 17.2 Å². The highest BCUT2D eigenvalue weighted by molar-refractivity contribution is 5.73. The third kappa shape index (κ3) is 5.22. The Morgan fingerprint density at radius 2 is 1.96 bits per heavy atom. The van der Waals surface area contributed by atoms with Crippen LogP contribution in [0.3, 0.4) is 0 Å². The normalized spacial score (nSPS) is 16.9. The molecule has 1 aromatic rings. The quantitative estimate of drug-likeness (QED) is 0.746. The number of nitriles is 1. The Kier molecular flexibility index (Phi) is 5.94. The molecule has 0 unspecified atom stereocenters. The summed E-state index contributed by atoms with van der Waals surface area (Å²) in [7, 11) is 0. The molecular formula is C17H22FN3O2. The Morgan fingerprint density at radius 3 is 2.61 bits per heavy atom. The summed E-state index contributed by atoms with van der Waals surface area (Å²) < 4.78 is 13.6. The van der Waals surface area contributed by atoms with E-state index in [1.807, 2.05) is 6.07 Å². The minimum atomic E-state index is -0.847. The van der Waals surface area contributed by atoms with E-state index in [0.717, 1.165) is 25.7 Å². The van der Waals surface area contributed by atoms with Crippen molar-refractivity contribution in [3.63, 3.8) is 0 Å². The summed E-state index contributed by atoms with van der Waals surface area (Å²) in [4.78, 5) is 11.8. The fourth-order valence-electron chi connectivity index (χ4n) is 2.83. The van der Waals surface area contributed by atoms with Crippen LogP contribution in [-0.4, -0.2) is 23.3 Å². The number of halogens is 1. The van der Waals surface area contributed by atoms with Crippen molar-refractivity contribution in [3.8, 4) is 6.07 Å². The van der Waals surface area contributed by atoms with Gasteiger partial charge in [0.2, 0.25) is 0 Å². The number of amides is 2. The van der Waals surface area contributed by atoms with E-state index in [2.05, 4.69) is 10.6 Å². The van der Waals surface area contributed by atoms with Gasteiger partial charge in [0.25, 0.3) is 0 Å². The fraction of sp³-hybridized carbons (Fsp3) is 0.529. The number of nitrogens with one attached hydrogen (secondary N) is 2. The van der Waals surface area contributed by atoms with Gasteiger partial charge in [-0.15, -0.1) is 0 Å². The van der Waals surface area contributed by atoms with Crippen LogP contribution in [0.2, 0.25) is 0 Å². The second kappa shape index (κ2) is 7.93. The molecule has 2 rings (SSSR count). The van der Waals surface area contributed by atoms with Gasteiger partial charge in [0.1, 0.15) is 5.82 Å². The van der Waals surface area contributed by atoms with E-state index in [4.69, 9.17) is 5.26 Å². The maximum atomic E-state index is 13.6. The van der Waals surface area contributed by atoms with E-state index < -0.39 is 17.4 Å². The second-order valence-electron chi connectivity index (χ2n) is 6.09. The van der Waals surface area contributed by atoms with Gasteiger partial charge in [-0.05, 0) is 31.0 Å². The molecule has 124 valence electrons. The Balaban J connectivity index is 1.82. The van der Waals surface area contributed by atoms with Gasteiger partial charge >= 0.3 is 6.03 Å². The summed E-state index contributed by atoms with van der Waals surface area (Å²) in [6.07, 6.45) is 5.53. The lowest BCUT2D eigenvalue weighted by atomic mass is 9.95. The number of hydrogen-bond donors (Lipinski definition) is 3. The molecule has 0 atom stereocenters. The highest BCUT2D eigenvalue weighted by atomic mass is 19.1. The lowest BCUT2D eigenvalue weighted by Gasteiger charge is -2.26. The Morgan fingerprint density at radius 1 is 1.26 bits per heavy atom. The Labute approximate surface area is 135 Å². The molecule has 3 N–H and O–H groups in total. The summed E-state index contributed by atoms with van der Waals surface area (Å²) in [6, 6.07) is 5.49. The van der Waals surface area contributed by atoms with Crippen molar-refractivity contribution < 1.29 is 14.3 Å². The first-order chi connectivity index (χ1) is 11.0. The minimum absolute atomic E-state index is 0.00832. The minimum Gasteiger partial charge on any atom is -0.388 e.